The maximum Gasteiger partial charge on any atom is 0.307 e. The van der Waals surface area contributed by atoms with Gasteiger partial charge in [-0.2, -0.15) is 0 Å². The zero-order valence-electron chi connectivity index (χ0n) is 10.9. The maximum atomic E-state index is 11.8. The monoisotopic (exact) mass is 252 g/mol. The predicted molar refractivity (Wildman–Crippen MR) is 73.7 cm³/mol. The molecule has 19 heavy (non-hydrogen) atoms. The molecule has 1 fully saturated rings. The molecular weight excluding hydrogens is 236 g/mol. The van der Waals surface area contributed by atoms with Gasteiger partial charge in [0.1, 0.15) is 5.60 Å². The lowest BCUT2D eigenvalue weighted by Gasteiger charge is -2.30. The van der Waals surface area contributed by atoms with Crippen LogP contribution in [-0.2, 0) is 15.1 Å². The Hall–Kier alpha value is -2.09. The van der Waals surface area contributed by atoms with Crippen LogP contribution < -0.4 is 0 Å². The minimum atomic E-state index is -0.570. The van der Waals surface area contributed by atoms with Gasteiger partial charge in [-0.15, -0.1) is 0 Å². The van der Waals surface area contributed by atoms with Crippen LogP contribution >= 0.6 is 0 Å². The van der Waals surface area contributed by atoms with Gasteiger partial charge >= 0.3 is 5.97 Å². The van der Waals surface area contributed by atoms with Crippen LogP contribution in [-0.4, -0.2) is 5.97 Å². The zero-order valence-corrected chi connectivity index (χ0v) is 10.9. The number of carbonyl (C=O) groups excluding carboxylic acids is 1. The van der Waals surface area contributed by atoms with E-state index in [1.165, 1.54) is 0 Å². The van der Waals surface area contributed by atoms with Crippen LogP contribution in [0.15, 0.2) is 60.7 Å². The van der Waals surface area contributed by atoms with Crippen molar-refractivity contribution in [3.8, 4) is 0 Å². The molecule has 0 unspecified atom stereocenters. The van der Waals surface area contributed by atoms with Gasteiger partial charge in [0.25, 0.3) is 0 Å². The van der Waals surface area contributed by atoms with Gasteiger partial charge in [-0.25, -0.2) is 0 Å². The van der Waals surface area contributed by atoms with Gasteiger partial charge in [0.15, 0.2) is 0 Å². The number of esters is 1. The summed E-state index contributed by atoms with van der Waals surface area (Å²) < 4.78 is 5.66. The van der Waals surface area contributed by atoms with Crippen LogP contribution in [0.3, 0.4) is 0 Å². The Morgan fingerprint density at radius 1 is 1.00 bits per heavy atom. The molecule has 0 saturated carbocycles. The van der Waals surface area contributed by atoms with Crippen LogP contribution in [0.4, 0.5) is 0 Å². The SMILES string of the molecule is C[C@@]1(c2ccccc2)OC(=O)C[C@H]1c1ccccc1. The van der Waals surface area contributed by atoms with Gasteiger partial charge < -0.3 is 4.74 Å². The van der Waals surface area contributed by atoms with E-state index in [9.17, 15) is 4.79 Å². The van der Waals surface area contributed by atoms with Crippen LogP contribution in [0.25, 0.3) is 0 Å². The first-order valence-corrected chi connectivity index (χ1v) is 6.52. The number of hydrogen-bond donors (Lipinski definition) is 0. The Morgan fingerprint density at radius 2 is 1.58 bits per heavy atom. The van der Waals surface area contributed by atoms with Gasteiger partial charge in [0, 0.05) is 5.92 Å². The van der Waals surface area contributed by atoms with Gasteiger partial charge in [-0.3, -0.25) is 4.79 Å². The van der Waals surface area contributed by atoms with E-state index in [-0.39, 0.29) is 11.9 Å². The fraction of sp³-hybridized carbons (Fsp3) is 0.235. The minimum Gasteiger partial charge on any atom is -0.454 e. The van der Waals surface area contributed by atoms with Gasteiger partial charge in [0.05, 0.1) is 6.42 Å². The lowest BCUT2D eigenvalue weighted by Crippen LogP contribution is -2.27. The molecule has 0 radical (unpaired) electrons. The summed E-state index contributed by atoms with van der Waals surface area (Å²) in [6, 6.07) is 20.1. The summed E-state index contributed by atoms with van der Waals surface area (Å²) in [4.78, 5) is 11.8. The highest BCUT2D eigenvalue weighted by atomic mass is 16.6. The number of benzene rings is 2. The summed E-state index contributed by atoms with van der Waals surface area (Å²) >= 11 is 0. The van der Waals surface area contributed by atoms with Crippen LogP contribution in [0, 0.1) is 0 Å². The molecule has 2 aromatic rings. The van der Waals surface area contributed by atoms with Crippen LogP contribution in [0.5, 0.6) is 0 Å². The number of carbonyl (C=O) groups is 1. The molecule has 0 N–H and O–H groups in total. The molecule has 0 aromatic heterocycles. The molecule has 1 aliphatic rings. The quantitative estimate of drug-likeness (QED) is 0.763. The Bertz CT molecular complexity index is 577. The molecule has 3 rings (SSSR count). The average molecular weight is 252 g/mol. The Kier molecular flexibility index (Phi) is 2.86. The zero-order chi connectivity index (χ0) is 13.3. The predicted octanol–water partition coefficient (Wildman–Crippen LogP) is 3.63. The molecule has 0 bridgehead atoms. The first-order valence-electron chi connectivity index (χ1n) is 6.52. The van der Waals surface area contributed by atoms with Crippen molar-refractivity contribution in [2.24, 2.45) is 0 Å². The molecule has 0 amide bonds. The van der Waals surface area contributed by atoms with E-state index >= 15 is 0 Å². The summed E-state index contributed by atoms with van der Waals surface area (Å²) in [5.74, 6) is -0.0520. The standard InChI is InChI=1S/C17H16O2/c1-17(14-10-6-3-7-11-14)15(12-16(18)19-17)13-8-4-2-5-9-13/h2-11,15H,12H2,1H3/t15-,17-/m0/s1. The fourth-order valence-electron chi connectivity index (χ4n) is 2.86. The molecule has 0 aliphatic carbocycles. The highest BCUT2D eigenvalue weighted by Crippen LogP contribution is 2.47. The highest BCUT2D eigenvalue weighted by molar-refractivity contribution is 5.75. The molecule has 1 saturated heterocycles. The largest absolute Gasteiger partial charge is 0.454 e. The molecule has 0 spiro atoms. The van der Waals surface area contributed by atoms with Crippen molar-refractivity contribution in [1.29, 1.82) is 0 Å². The van der Waals surface area contributed by atoms with E-state index in [2.05, 4.69) is 12.1 Å². The van der Waals surface area contributed by atoms with Gasteiger partial charge in [0.2, 0.25) is 0 Å². The van der Waals surface area contributed by atoms with Crippen molar-refractivity contribution in [2.45, 2.75) is 24.9 Å². The molecular formula is C17H16O2. The number of ether oxygens (including phenoxy) is 1. The van der Waals surface area contributed by atoms with E-state index < -0.39 is 5.60 Å². The van der Waals surface area contributed by atoms with Crippen molar-refractivity contribution >= 4 is 5.97 Å². The molecule has 1 heterocycles. The Morgan fingerprint density at radius 3 is 2.21 bits per heavy atom. The normalized spacial score (nSPS) is 26.2. The molecule has 1 aliphatic heterocycles. The van der Waals surface area contributed by atoms with Crippen LogP contribution in [0.1, 0.15) is 30.4 Å². The fourth-order valence-corrected chi connectivity index (χ4v) is 2.86. The third-order valence-electron chi connectivity index (χ3n) is 3.91. The molecule has 2 nitrogen and oxygen atoms in total. The van der Waals surface area contributed by atoms with E-state index in [4.69, 9.17) is 4.74 Å². The maximum absolute atomic E-state index is 11.8. The lowest BCUT2D eigenvalue weighted by atomic mass is 9.79. The van der Waals surface area contributed by atoms with E-state index in [1.807, 2.05) is 55.5 Å². The smallest absolute Gasteiger partial charge is 0.307 e. The minimum absolute atomic E-state index is 0.0728. The van der Waals surface area contributed by atoms with Gasteiger partial charge in [-0.05, 0) is 18.1 Å². The second-order valence-electron chi connectivity index (χ2n) is 5.11. The average Bonchev–Trinajstić information content (AvgIpc) is 2.77. The van der Waals surface area contributed by atoms with E-state index in [0.717, 1.165) is 11.1 Å². The second-order valence-corrected chi connectivity index (χ2v) is 5.11. The lowest BCUT2D eigenvalue weighted by molar-refractivity contribution is -0.148. The molecule has 2 heteroatoms. The molecule has 96 valence electrons. The highest BCUT2D eigenvalue weighted by Gasteiger charge is 2.47. The topological polar surface area (TPSA) is 26.3 Å². The van der Waals surface area contributed by atoms with E-state index in [0.29, 0.717) is 6.42 Å². The second kappa shape index (κ2) is 4.54. The first-order chi connectivity index (χ1) is 9.20. The van der Waals surface area contributed by atoms with E-state index in [1.54, 1.807) is 0 Å². The Labute approximate surface area is 113 Å². The summed E-state index contributed by atoms with van der Waals surface area (Å²) in [6.45, 7) is 2.00. The number of rotatable bonds is 2. The summed E-state index contributed by atoms with van der Waals surface area (Å²) in [5, 5.41) is 0. The summed E-state index contributed by atoms with van der Waals surface area (Å²) in [6.07, 6.45) is 0.440. The van der Waals surface area contributed by atoms with Crippen molar-refractivity contribution < 1.29 is 9.53 Å². The third kappa shape index (κ3) is 2.03. The molecule has 2 atom stereocenters. The van der Waals surface area contributed by atoms with Crippen LogP contribution in [0.2, 0.25) is 0 Å². The Balaban J connectivity index is 2.06. The van der Waals surface area contributed by atoms with Gasteiger partial charge in [-0.1, -0.05) is 60.7 Å². The third-order valence-corrected chi connectivity index (χ3v) is 3.91. The van der Waals surface area contributed by atoms with Crippen molar-refractivity contribution in [1.82, 2.24) is 0 Å². The van der Waals surface area contributed by atoms with Crippen molar-refractivity contribution in [3.63, 3.8) is 0 Å². The number of hydrogen-bond acceptors (Lipinski definition) is 2. The first kappa shape index (κ1) is 12.0. The van der Waals surface area contributed by atoms with Crippen molar-refractivity contribution in [3.05, 3.63) is 71.8 Å². The summed E-state index contributed by atoms with van der Waals surface area (Å²) in [5.41, 5.74) is 1.63. The van der Waals surface area contributed by atoms with Crippen molar-refractivity contribution in [2.75, 3.05) is 0 Å². The molecule has 2 aromatic carbocycles. The summed E-state index contributed by atoms with van der Waals surface area (Å²) in [7, 11) is 0. The number of cyclic esters (lactones) is 1.